The summed E-state index contributed by atoms with van der Waals surface area (Å²) in [5, 5.41) is 0. The molecule has 0 amide bonds. The average Bonchev–Trinajstić information content (AvgIpc) is 2.95. The van der Waals surface area contributed by atoms with Crippen molar-refractivity contribution >= 4 is 40.1 Å². The number of benzene rings is 2. The third-order valence-electron chi connectivity index (χ3n) is 4.48. The van der Waals surface area contributed by atoms with Gasteiger partial charge in [-0.25, -0.2) is 0 Å². The molecule has 2 aromatic rings. The first kappa shape index (κ1) is 26.1. The van der Waals surface area contributed by atoms with Crippen LogP contribution < -0.4 is 0 Å². The molecule has 0 N–H and O–H groups in total. The SMILES string of the molecule is CCC1=Cc2c(cccc2-c2ccc(C(C)(C)C)cc2)C1.[Cl][Zr]([Cl])([Cl])[Cl].[Zr]. The Hall–Kier alpha value is 1.11. The van der Waals surface area contributed by atoms with Gasteiger partial charge in [-0.2, -0.15) is 0 Å². The van der Waals surface area contributed by atoms with E-state index in [0.717, 1.165) is 12.8 Å². The van der Waals surface area contributed by atoms with Crippen molar-refractivity contribution in [1.82, 2.24) is 0 Å². The Bertz CT molecular complexity index is 779. The van der Waals surface area contributed by atoms with Gasteiger partial charge in [0, 0.05) is 26.2 Å². The predicted octanol–water partition coefficient (Wildman–Crippen LogP) is 8.75. The van der Waals surface area contributed by atoms with Gasteiger partial charge in [-0.15, -0.1) is 0 Å². The quantitative estimate of drug-likeness (QED) is 0.323. The van der Waals surface area contributed by atoms with Crippen molar-refractivity contribution in [2.75, 3.05) is 0 Å². The van der Waals surface area contributed by atoms with Gasteiger partial charge in [0.25, 0.3) is 0 Å². The van der Waals surface area contributed by atoms with E-state index in [-0.39, 0.29) is 31.6 Å². The zero-order valence-corrected chi connectivity index (χ0v) is 24.0. The number of rotatable bonds is 2. The summed E-state index contributed by atoms with van der Waals surface area (Å²) in [6.45, 7) is 9.03. The van der Waals surface area contributed by atoms with Crippen LogP contribution in [0.4, 0.5) is 0 Å². The number of hydrogen-bond donors (Lipinski definition) is 0. The molecule has 0 nitrogen and oxygen atoms in total. The standard InChI is InChI=1S/C21H24.4ClH.2Zr/c1-5-15-13-17-7-6-8-19(20(17)14-15)16-9-11-18(12-10-16)21(2,3)4;;;;;;/h6-12,14H,5,13H2,1-4H3;4*1H;;/q;;;;;;+4/p-4. The Labute approximate surface area is 201 Å². The molecular formula is C21H24Cl4Zr2. The van der Waals surface area contributed by atoms with Crippen LogP contribution in [0.5, 0.6) is 0 Å². The molecule has 3 rings (SSSR count). The van der Waals surface area contributed by atoms with Crippen molar-refractivity contribution in [2.45, 2.75) is 46.0 Å². The summed E-state index contributed by atoms with van der Waals surface area (Å²) in [7, 11) is 20.1. The van der Waals surface area contributed by atoms with Crippen LogP contribution in [0.25, 0.3) is 17.2 Å². The van der Waals surface area contributed by atoms with Crippen molar-refractivity contribution in [2.24, 2.45) is 0 Å². The molecule has 1 aliphatic rings. The fraction of sp³-hybridized carbons (Fsp3) is 0.333. The van der Waals surface area contributed by atoms with Crippen LogP contribution in [-0.2, 0) is 53.5 Å². The van der Waals surface area contributed by atoms with Crippen molar-refractivity contribution < 1.29 is 41.7 Å². The third kappa shape index (κ3) is 8.40. The normalized spacial score (nSPS) is 13.1. The van der Waals surface area contributed by atoms with Gasteiger partial charge in [0.1, 0.15) is 0 Å². The molecular weight excluding hydrogens is 576 g/mol. The van der Waals surface area contributed by atoms with E-state index in [0.29, 0.717) is 0 Å². The minimum absolute atomic E-state index is 0. The molecule has 0 unspecified atom stereocenters. The summed E-state index contributed by atoms with van der Waals surface area (Å²) in [6, 6.07) is 15.8. The smallest absolute Gasteiger partial charge is 0 e. The largest absolute Gasteiger partial charge is 0 e. The van der Waals surface area contributed by atoms with E-state index >= 15 is 0 Å². The van der Waals surface area contributed by atoms with Gasteiger partial charge in [0.15, 0.2) is 0 Å². The molecule has 0 aromatic heterocycles. The monoisotopic (exact) mass is 596 g/mol. The molecule has 0 bridgehead atoms. The minimum atomic E-state index is -3.29. The Morgan fingerprint density at radius 2 is 1.48 bits per heavy atom. The van der Waals surface area contributed by atoms with Crippen molar-refractivity contribution in [3.05, 3.63) is 64.7 Å². The van der Waals surface area contributed by atoms with Gasteiger partial charge in [-0.3, -0.25) is 0 Å². The van der Waals surface area contributed by atoms with Crippen LogP contribution in [0.15, 0.2) is 48.0 Å². The Morgan fingerprint density at radius 1 is 0.926 bits per heavy atom. The van der Waals surface area contributed by atoms with Crippen molar-refractivity contribution in [1.29, 1.82) is 0 Å². The first-order valence-corrected chi connectivity index (χ1v) is 21.3. The number of fused-ring (bicyclic) bond motifs is 1. The van der Waals surface area contributed by atoms with E-state index in [1.54, 1.807) is 5.57 Å². The van der Waals surface area contributed by atoms with Gasteiger partial charge in [0.05, 0.1) is 0 Å². The van der Waals surface area contributed by atoms with E-state index in [4.69, 9.17) is 34.1 Å². The Morgan fingerprint density at radius 3 is 1.96 bits per heavy atom. The maximum Gasteiger partial charge on any atom is 0 e. The van der Waals surface area contributed by atoms with Gasteiger partial charge >= 0.3 is 49.5 Å². The summed E-state index contributed by atoms with van der Waals surface area (Å²) in [6.07, 6.45) is 4.67. The van der Waals surface area contributed by atoms with Crippen LogP contribution in [0.2, 0.25) is 0 Å². The summed E-state index contributed by atoms with van der Waals surface area (Å²) < 4.78 is 0. The zero-order valence-electron chi connectivity index (χ0n) is 16.0. The first-order chi connectivity index (χ1) is 12.0. The summed E-state index contributed by atoms with van der Waals surface area (Å²) in [4.78, 5) is 0. The number of halogens is 4. The van der Waals surface area contributed by atoms with Crippen LogP contribution in [0.1, 0.15) is 50.8 Å². The summed E-state index contributed by atoms with van der Waals surface area (Å²) >= 11 is -3.29. The van der Waals surface area contributed by atoms with Crippen LogP contribution in [0.3, 0.4) is 0 Å². The van der Waals surface area contributed by atoms with E-state index in [2.05, 4.69) is 76.2 Å². The second kappa shape index (κ2) is 10.9. The van der Waals surface area contributed by atoms with Crippen LogP contribution in [0, 0.1) is 0 Å². The maximum atomic E-state index is 5.04. The predicted molar refractivity (Wildman–Crippen MR) is 116 cm³/mol. The van der Waals surface area contributed by atoms with E-state index < -0.39 is 15.5 Å². The molecule has 0 atom stereocenters. The molecule has 0 radical (unpaired) electrons. The molecule has 0 fully saturated rings. The average molecular weight is 601 g/mol. The van der Waals surface area contributed by atoms with Crippen LogP contribution in [-0.4, -0.2) is 0 Å². The summed E-state index contributed by atoms with van der Waals surface area (Å²) in [5.41, 5.74) is 8.76. The fourth-order valence-corrected chi connectivity index (χ4v) is 3.07. The molecule has 2 aromatic carbocycles. The van der Waals surface area contributed by atoms with Gasteiger partial charge < -0.3 is 0 Å². The summed E-state index contributed by atoms with van der Waals surface area (Å²) in [5.74, 6) is 0. The van der Waals surface area contributed by atoms with Crippen molar-refractivity contribution in [3.8, 4) is 11.1 Å². The number of allylic oxidation sites excluding steroid dienone is 1. The van der Waals surface area contributed by atoms with Gasteiger partial charge in [0.2, 0.25) is 0 Å². The number of hydrogen-bond acceptors (Lipinski definition) is 0. The van der Waals surface area contributed by atoms with Crippen molar-refractivity contribution in [3.63, 3.8) is 0 Å². The Kier molecular flexibility index (Phi) is 10.6. The Balaban J connectivity index is 0.000000542. The third-order valence-corrected chi connectivity index (χ3v) is 4.48. The zero-order chi connectivity index (χ0) is 19.5. The fourth-order valence-electron chi connectivity index (χ4n) is 3.07. The second-order valence-electron chi connectivity index (χ2n) is 7.47. The van der Waals surface area contributed by atoms with E-state index in [1.807, 2.05) is 0 Å². The molecule has 1 aliphatic carbocycles. The molecule has 27 heavy (non-hydrogen) atoms. The van der Waals surface area contributed by atoms with E-state index in [9.17, 15) is 0 Å². The molecule has 0 aliphatic heterocycles. The molecule has 0 saturated heterocycles. The molecule has 0 saturated carbocycles. The van der Waals surface area contributed by atoms with E-state index in [1.165, 1.54) is 27.8 Å². The van der Waals surface area contributed by atoms with Gasteiger partial charge in [-0.1, -0.05) is 81.8 Å². The molecule has 0 spiro atoms. The maximum absolute atomic E-state index is 5.04. The molecule has 6 heteroatoms. The van der Waals surface area contributed by atoms with Gasteiger partial charge in [-0.05, 0) is 46.1 Å². The van der Waals surface area contributed by atoms with Crippen LogP contribution >= 0.6 is 34.1 Å². The molecule has 0 heterocycles. The second-order valence-corrected chi connectivity index (χ2v) is 29.9. The first-order valence-electron chi connectivity index (χ1n) is 8.67. The minimum Gasteiger partial charge on any atom is 0 e. The topological polar surface area (TPSA) is 0 Å². The molecule has 144 valence electrons.